The Morgan fingerprint density at radius 3 is 2.50 bits per heavy atom. The van der Waals surface area contributed by atoms with E-state index in [0.29, 0.717) is 11.3 Å². The van der Waals surface area contributed by atoms with Crippen LogP contribution >= 0.6 is 11.6 Å². The maximum absolute atomic E-state index is 13.0. The predicted octanol–water partition coefficient (Wildman–Crippen LogP) is 3.12. The lowest BCUT2D eigenvalue weighted by Gasteiger charge is -2.21. The average Bonchev–Trinajstić information content (AvgIpc) is 2.41. The minimum Gasteiger partial charge on any atom is -0.481 e. The number of aromatic nitrogens is 2. The molecule has 0 bridgehead atoms. The van der Waals surface area contributed by atoms with Crippen molar-refractivity contribution in [3.63, 3.8) is 0 Å². The SMILES string of the molecule is CC(C(=O)O)C(c1ccc(F)cc1)c1ccnc(Cl)n1. The number of carboxylic acids is 1. The second kappa shape index (κ2) is 5.96. The molecule has 1 N–H and O–H groups in total. The zero-order valence-corrected chi connectivity index (χ0v) is 11.4. The molecule has 0 spiro atoms. The number of hydrogen-bond donors (Lipinski definition) is 1. The van der Waals surface area contributed by atoms with E-state index in [0.717, 1.165) is 0 Å². The van der Waals surface area contributed by atoms with Gasteiger partial charge in [0.05, 0.1) is 11.6 Å². The molecule has 6 heteroatoms. The molecule has 1 aromatic carbocycles. The van der Waals surface area contributed by atoms with E-state index in [1.54, 1.807) is 25.1 Å². The van der Waals surface area contributed by atoms with Crippen molar-refractivity contribution >= 4 is 17.6 Å². The Morgan fingerprint density at radius 2 is 1.95 bits per heavy atom. The Morgan fingerprint density at radius 1 is 1.30 bits per heavy atom. The van der Waals surface area contributed by atoms with Gasteiger partial charge in [0.1, 0.15) is 5.82 Å². The fourth-order valence-corrected chi connectivity index (χ4v) is 2.20. The van der Waals surface area contributed by atoms with Gasteiger partial charge >= 0.3 is 5.97 Å². The van der Waals surface area contributed by atoms with Crippen LogP contribution in [-0.2, 0) is 4.79 Å². The molecule has 0 saturated heterocycles. The first-order chi connectivity index (χ1) is 9.49. The van der Waals surface area contributed by atoms with E-state index < -0.39 is 17.8 Å². The summed E-state index contributed by atoms with van der Waals surface area (Å²) in [5.41, 5.74) is 1.16. The smallest absolute Gasteiger partial charge is 0.307 e. The van der Waals surface area contributed by atoms with E-state index in [1.807, 2.05) is 0 Å². The summed E-state index contributed by atoms with van der Waals surface area (Å²) >= 11 is 5.76. The Bertz CT molecular complexity index is 619. The third-order valence-corrected chi connectivity index (χ3v) is 3.27. The van der Waals surface area contributed by atoms with E-state index in [2.05, 4.69) is 9.97 Å². The number of nitrogens with zero attached hydrogens (tertiary/aromatic N) is 2. The van der Waals surface area contributed by atoms with Crippen LogP contribution in [0.4, 0.5) is 4.39 Å². The number of rotatable bonds is 4. The van der Waals surface area contributed by atoms with E-state index >= 15 is 0 Å². The average molecular weight is 295 g/mol. The molecule has 0 fully saturated rings. The number of carbonyl (C=O) groups is 1. The van der Waals surface area contributed by atoms with Gasteiger partial charge in [0, 0.05) is 12.1 Å². The van der Waals surface area contributed by atoms with Crippen LogP contribution in [-0.4, -0.2) is 21.0 Å². The highest BCUT2D eigenvalue weighted by Gasteiger charge is 2.28. The molecule has 0 aliphatic heterocycles. The first kappa shape index (κ1) is 14.4. The molecule has 1 aromatic heterocycles. The maximum Gasteiger partial charge on any atom is 0.307 e. The molecule has 2 unspecified atom stereocenters. The minimum absolute atomic E-state index is 0.0483. The molecule has 0 amide bonds. The molecule has 0 saturated carbocycles. The lowest BCUT2D eigenvalue weighted by molar-refractivity contribution is -0.141. The third-order valence-electron chi connectivity index (χ3n) is 3.09. The van der Waals surface area contributed by atoms with Gasteiger partial charge in [-0.2, -0.15) is 0 Å². The van der Waals surface area contributed by atoms with Crippen molar-refractivity contribution in [3.05, 3.63) is 58.9 Å². The highest BCUT2D eigenvalue weighted by molar-refractivity contribution is 6.28. The van der Waals surface area contributed by atoms with Gasteiger partial charge in [0.2, 0.25) is 5.28 Å². The fourth-order valence-electron chi connectivity index (χ4n) is 2.05. The molecule has 0 aliphatic carbocycles. The van der Waals surface area contributed by atoms with Crippen LogP contribution in [0, 0.1) is 11.7 Å². The molecule has 4 nitrogen and oxygen atoms in total. The largest absolute Gasteiger partial charge is 0.481 e. The lowest BCUT2D eigenvalue weighted by Crippen LogP contribution is -2.21. The zero-order chi connectivity index (χ0) is 14.7. The van der Waals surface area contributed by atoms with Crippen LogP contribution in [0.25, 0.3) is 0 Å². The number of benzene rings is 1. The van der Waals surface area contributed by atoms with Crippen molar-refractivity contribution in [2.75, 3.05) is 0 Å². The quantitative estimate of drug-likeness (QED) is 0.880. The van der Waals surface area contributed by atoms with Gasteiger partial charge in [-0.15, -0.1) is 0 Å². The molecule has 2 rings (SSSR count). The number of carboxylic acid groups (broad SMARTS) is 1. The number of aliphatic carboxylic acids is 1. The molecule has 2 atom stereocenters. The van der Waals surface area contributed by atoms with E-state index in [-0.39, 0.29) is 11.1 Å². The highest BCUT2D eigenvalue weighted by atomic mass is 35.5. The van der Waals surface area contributed by atoms with Crippen LogP contribution < -0.4 is 0 Å². The highest BCUT2D eigenvalue weighted by Crippen LogP contribution is 2.31. The summed E-state index contributed by atoms with van der Waals surface area (Å²) in [7, 11) is 0. The fraction of sp³-hybridized carbons (Fsp3) is 0.214. The number of halogens is 2. The topological polar surface area (TPSA) is 63.1 Å². The summed E-state index contributed by atoms with van der Waals surface area (Å²) in [5, 5.41) is 9.30. The maximum atomic E-state index is 13.0. The van der Waals surface area contributed by atoms with Gasteiger partial charge in [-0.3, -0.25) is 4.79 Å². The molecular weight excluding hydrogens is 283 g/mol. The van der Waals surface area contributed by atoms with Crippen molar-refractivity contribution in [2.24, 2.45) is 5.92 Å². The molecule has 20 heavy (non-hydrogen) atoms. The van der Waals surface area contributed by atoms with Crippen molar-refractivity contribution < 1.29 is 14.3 Å². The van der Waals surface area contributed by atoms with Gasteiger partial charge in [-0.1, -0.05) is 19.1 Å². The standard InChI is InChI=1S/C14H12ClFN2O2/c1-8(13(19)20)12(9-2-4-10(16)5-3-9)11-6-7-17-14(15)18-11/h2-8,12H,1H3,(H,19,20). The van der Waals surface area contributed by atoms with Gasteiger partial charge in [0.25, 0.3) is 0 Å². The number of hydrogen-bond acceptors (Lipinski definition) is 3. The van der Waals surface area contributed by atoms with Gasteiger partial charge < -0.3 is 5.11 Å². The van der Waals surface area contributed by atoms with E-state index in [9.17, 15) is 14.3 Å². The van der Waals surface area contributed by atoms with Crippen molar-refractivity contribution in [2.45, 2.75) is 12.8 Å². The summed E-state index contributed by atoms with van der Waals surface area (Å²) in [6, 6.07) is 7.30. The van der Waals surface area contributed by atoms with Crippen LogP contribution in [0.2, 0.25) is 5.28 Å². The molecule has 1 heterocycles. The van der Waals surface area contributed by atoms with E-state index in [1.165, 1.54) is 18.3 Å². The molecule has 0 radical (unpaired) electrons. The first-order valence-corrected chi connectivity index (χ1v) is 6.33. The van der Waals surface area contributed by atoms with Gasteiger partial charge in [-0.25, -0.2) is 14.4 Å². The minimum atomic E-state index is -0.964. The van der Waals surface area contributed by atoms with Crippen LogP contribution in [0.15, 0.2) is 36.5 Å². The summed E-state index contributed by atoms with van der Waals surface area (Å²) in [6.07, 6.45) is 1.47. The van der Waals surface area contributed by atoms with E-state index in [4.69, 9.17) is 11.6 Å². The summed E-state index contributed by atoms with van der Waals surface area (Å²) in [4.78, 5) is 19.1. The first-order valence-electron chi connectivity index (χ1n) is 5.95. The second-order valence-corrected chi connectivity index (χ2v) is 4.74. The summed E-state index contributed by atoms with van der Waals surface area (Å²) < 4.78 is 13.0. The Kier molecular flexibility index (Phi) is 4.29. The predicted molar refractivity (Wildman–Crippen MR) is 72.1 cm³/mol. The molecule has 0 aliphatic rings. The Balaban J connectivity index is 2.49. The van der Waals surface area contributed by atoms with Crippen LogP contribution in [0.3, 0.4) is 0 Å². The van der Waals surface area contributed by atoms with Crippen molar-refractivity contribution in [1.29, 1.82) is 0 Å². The van der Waals surface area contributed by atoms with Gasteiger partial charge in [-0.05, 0) is 35.4 Å². The molecular formula is C14H12ClFN2O2. The normalized spacial score (nSPS) is 13.8. The van der Waals surface area contributed by atoms with Gasteiger partial charge in [0.15, 0.2) is 0 Å². The van der Waals surface area contributed by atoms with Crippen LogP contribution in [0.5, 0.6) is 0 Å². The van der Waals surface area contributed by atoms with Crippen LogP contribution in [0.1, 0.15) is 24.1 Å². The Labute approximate surface area is 120 Å². The summed E-state index contributed by atoms with van der Waals surface area (Å²) in [6.45, 7) is 1.58. The molecule has 104 valence electrons. The Hall–Kier alpha value is -2.01. The van der Waals surface area contributed by atoms with Crippen molar-refractivity contribution in [3.8, 4) is 0 Å². The lowest BCUT2D eigenvalue weighted by atomic mass is 9.84. The monoisotopic (exact) mass is 294 g/mol. The van der Waals surface area contributed by atoms with Crippen molar-refractivity contribution in [1.82, 2.24) is 9.97 Å². The third kappa shape index (κ3) is 3.11. The summed E-state index contributed by atoms with van der Waals surface area (Å²) in [5.74, 6) is -2.59. The molecule has 2 aromatic rings. The second-order valence-electron chi connectivity index (χ2n) is 4.41. The zero-order valence-electron chi connectivity index (χ0n) is 10.6.